The summed E-state index contributed by atoms with van der Waals surface area (Å²) in [4.78, 5) is 0. The zero-order valence-electron chi connectivity index (χ0n) is 8.63. The number of rotatable bonds is 2. The Bertz CT molecular complexity index is 540. The number of halogens is 4. The molecule has 0 bridgehead atoms. The van der Waals surface area contributed by atoms with Crippen molar-refractivity contribution in [2.75, 3.05) is 0 Å². The smallest absolute Gasteiger partial charge is 0.159 e. The van der Waals surface area contributed by atoms with E-state index in [0.717, 1.165) is 12.1 Å². The molecule has 2 aromatic carbocycles. The Kier molecular flexibility index (Phi) is 3.38. The first-order chi connectivity index (χ1) is 8.08. The molecule has 0 aliphatic heterocycles. The molecule has 2 rings (SSSR count). The van der Waals surface area contributed by atoms with Gasteiger partial charge < -0.3 is 0 Å². The van der Waals surface area contributed by atoms with E-state index >= 15 is 0 Å². The van der Waals surface area contributed by atoms with Crippen LogP contribution in [-0.4, -0.2) is 0 Å². The predicted octanol–water partition coefficient (Wildman–Crippen LogP) is 4.43. The third kappa shape index (κ3) is 2.61. The van der Waals surface area contributed by atoms with Gasteiger partial charge >= 0.3 is 0 Å². The molecule has 0 spiro atoms. The summed E-state index contributed by atoms with van der Waals surface area (Å²) in [6.07, 6.45) is 0. The Morgan fingerprint density at radius 1 is 0.824 bits per heavy atom. The van der Waals surface area contributed by atoms with Gasteiger partial charge in [-0.15, -0.1) is 11.6 Å². The van der Waals surface area contributed by atoms with Crippen LogP contribution in [0.2, 0.25) is 0 Å². The molecule has 0 saturated heterocycles. The summed E-state index contributed by atoms with van der Waals surface area (Å²) in [5.74, 6) is -2.32. The predicted molar refractivity (Wildman–Crippen MR) is 60.5 cm³/mol. The zero-order chi connectivity index (χ0) is 12.4. The molecule has 0 aliphatic carbocycles. The van der Waals surface area contributed by atoms with Crippen LogP contribution >= 0.6 is 11.6 Å². The lowest BCUT2D eigenvalue weighted by Gasteiger charge is -2.10. The lowest BCUT2D eigenvalue weighted by atomic mass is 10.0. The average Bonchev–Trinajstić information content (AvgIpc) is 2.32. The first kappa shape index (κ1) is 12.0. The maximum Gasteiger partial charge on any atom is 0.159 e. The number of benzene rings is 2. The molecular formula is C13H8ClF3. The third-order valence-electron chi connectivity index (χ3n) is 2.38. The fraction of sp³-hybridized carbons (Fsp3) is 0.0769. The monoisotopic (exact) mass is 256 g/mol. The molecule has 0 heterocycles. The van der Waals surface area contributed by atoms with Gasteiger partial charge in [-0.25, -0.2) is 13.2 Å². The molecule has 1 atom stereocenters. The van der Waals surface area contributed by atoms with Gasteiger partial charge in [0.05, 0.1) is 5.38 Å². The van der Waals surface area contributed by atoms with Gasteiger partial charge in [0.25, 0.3) is 0 Å². The molecule has 0 nitrogen and oxygen atoms in total. The lowest BCUT2D eigenvalue weighted by Crippen LogP contribution is -1.96. The van der Waals surface area contributed by atoms with Crippen molar-refractivity contribution in [2.24, 2.45) is 0 Å². The van der Waals surface area contributed by atoms with Crippen molar-refractivity contribution in [2.45, 2.75) is 5.38 Å². The molecule has 0 N–H and O–H groups in total. The minimum Gasteiger partial charge on any atom is -0.207 e. The van der Waals surface area contributed by atoms with E-state index in [1.54, 1.807) is 6.07 Å². The summed E-state index contributed by atoms with van der Waals surface area (Å²) < 4.78 is 38.8. The summed E-state index contributed by atoms with van der Waals surface area (Å²) in [7, 11) is 0. The fourth-order valence-electron chi connectivity index (χ4n) is 1.53. The molecule has 0 fully saturated rings. The summed E-state index contributed by atoms with van der Waals surface area (Å²) >= 11 is 6.07. The van der Waals surface area contributed by atoms with Crippen LogP contribution in [0.3, 0.4) is 0 Å². The average molecular weight is 257 g/mol. The van der Waals surface area contributed by atoms with E-state index in [0.29, 0.717) is 11.1 Å². The summed E-state index contributed by atoms with van der Waals surface area (Å²) in [6.45, 7) is 0. The maximum absolute atomic E-state index is 13.0. The van der Waals surface area contributed by atoms with Crippen molar-refractivity contribution in [3.63, 3.8) is 0 Å². The summed E-state index contributed by atoms with van der Waals surface area (Å²) in [5, 5.41) is -0.708. The number of hydrogen-bond acceptors (Lipinski definition) is 0. The topological polar surface area (TPSA) is 0 Å². The number of alkyl halides is 1. The Balaban J connectivity index is 2.36. The Morgan fingerprint density at radius 3 is 2.18 bits per heavy atom. The molecule has 88 valence electrons. The highest BCUT2D eigenvalue weighted by Gasteiger charge is 2.13. The Hall–Kier alpha value is -1.48. The van der Waals surface area contributed by atoms with Gasteiger partial charge in [0.15, 0.2) is 11.6 Å². The van der Waals surface area contributed by atoms with Crippen LogP contribution in [-0.2, 0) is 0 Å². The van der Waals surface area contributed by atoms with Gasteiger partial charge in [0.2, 0.25) is 0 Å². The van der Waals surface area contributed by atoms with Crippen LogP contribution < -0.4 is 0 Å². The van der Waals surface area contributed by atoms with E-state index in [1.165, 1.54) is 24.3 Å². The van der Waals surface area contributed by atoms with Crippen molar-refractivity contribution < 1.29 is 13.2 Å². The molecule has 0 aromatic heterocycles. The van der Waals surface area contributed by atoms with Crippen molar-refractivity contribution >= 4 is 11.6 Å². The van der Waals surface area contributed by atoms with E-state index in [1.807, 2.05) is 0 Å². The van der Waals surface area contributed by atoms with Crippen molar-refractivity contribution in [1.29, 1.82) is 0 Å². The molecule has 0 amide bonds. The van der Waals surface area contributed by atoms with Crippen LogP contribution in [0.4, 0.5) is 13.2 Å². The van der Waals surface area contributed by atoms with Crippen LogP contribution in [0.15, 0.2) is 42.5 Å². The third-order valence-corrected chi connectivity index (χ3v) is 2.88. The highest BCUT2D eigenvalue weighted by Crippen LogP contribution is 2.29. The lowest BCUT2D eigenvalue weighted by molar-refractivity contribution is 0.507. The highest BCUT2D eigenvalue weighted by molar-refractivity contribution is 6.22. The highest BCUT2D eigenvalue weighted by atomic mass is 35.5. The largest absolute Gasteiger partial charge is 0.207 e. The van der Waals surface area contributed by atoms with Crippen LogP contribution in [0, 0.1) is 17.5 Å². The van der Waals surface area contributed by atoms with E-state index in [9.17, 15) is 13.2 Å². The minimum atomic E-state index is -0.968. The SMILES string of the molecule is Fc1cccc(C(Cl)c2ccc(F)c(F)c2)c1. The Labute approximate surface area is 102 Å². The molecular weight excluding hydrogens is 249 g/mol. The zero-order valence-corrected chi connectivity index (χ0v) is 9.39. The van der Waals surface area contributed by atoms with E-state index in [4.69, 9.17) is 11.6 Å². The molecule has 0 saturated carbocycles. The van der Waals surface area contributed by atoms with E-state index in [2.05, 4.69) is 0 Å². The maximum atomic E-state index is 13.0. The summed E-state index contributed by atoms with van der Waals surface area (Å²) in [5.41, 5.74) is 0.883. The van der Waals surface area contributed by atoms with Crippen molar-refractivity contribution in [3.8, 4) is 0 Å². The molecule has 17 heavy (non-hydrogen) atoms. The fourth-order valence-corrected chi connectivity index (χ4v) is 1.80. The minimum absolute atomic E-state index is 0.385. The second-order valence-corrected chi connectivity index (χ2v) is 4.03. The van der Waals surface area contributed by atoms with E-state index in [-0.39, 0.29) is 0 Å². The molecule has 1 unspecified atom stereocenters. The van der Waals surface area contributed by atoms with Gasteiger partial charge in [-0.2, -0.15) is 0 Å². The van der Waals surface area contributed by atoms with Gasteiger partial charge in [-0.3, -0.25) is 0 Å². The van der Waals surface area contributed by atoms with Gasteiger partial charge in [-0.05, 0) is 35.4 Å². The molecule has 0 radical (unpaired) electrons. The van der Waals surface area contributed by atoms with Gasteiger partial charge in [-0.1, -0.05) is 18.2 Å². The van der Waals surface area contributed by atoms with Gasteiger partial charge in [0.1, 0.15) is 5.82 Å². The summed E-state index contributed by atoms with van der Waals surface area (Å²) in [6, 6.07) is 9.08. The first-order valence-electron chi connectivity index (χ1n) is 4.92. The van der Waals surface area contributed by atoms with Crippen LogP contribution in [0.25, 0.3) is 0 Å². The Morgan fingerprint density at radius 2 is 1.53 bits per heavy atom. The van der Waals surface area contributed by atoms with Crippen LogP contribution in [0.1, 0.15) is 16.5 Å². The van der Waals surface area contributed by atoms with Crippen LogP contribution in [0.5, 0.6) is 0 Å². The second kappa shape index (κ2) is 4.80. The molecule has 0 aliphatic rings. The molecule has 4 heteroatoms. The van der Waals surface area contributed by atoms with Crippen molar-refractivity contribution in [3.05, 3.63) is 71.0 Å². The molecule has 2 aromatic rings. The number of hydrogen-bond donors (Lipinski definition) is 0. The normalized spacial score (nSPS) is 12.5. The van der Waals surface area contributed by atoms with E-state index < -0.39 is 22.8 Å². The quantitative estimate of drug-likeness (QED) is 0.697. The first-order valence-corrected chi connectivity index (χ1v) is 5.36. The second-order valence-electron chi connectivity index (χ2n) is 3.59. The van der Waals surface area contributed by atoms with Gasteiger partial charge in [0, 0.05) is 0 Å². The standard InChI is InChI=1S/C13H8ClF3/c14-13(8-2-1-3-10(15)6-8)9-4-5-11(16)12(17)7-9/h1-7,13H. The van der Waals surface area contributed by atoms with Crippen molar-refractivity contribution in [1.82, 2.24) is 0 Å².